The van der Waals surface area contributed by atoms with E-state index in [0.717, 1.165) is 0 Å². The van der Waals surface area contributed by atoms with Crippen molar-refractivity contribution < 1.29 is 0 Å². The lowest BCUT2D eigenvalue weighted by Crippen LogP contribution is -1.69. The van der Waals surface area contributed by atoms with Gasteiger partial charge < -0.3 is 11.9 Å². The van der Waals surface area contributed by atoms with Crippen LogP contribution in [0.1, 0.15) is 0 Å². The van der Waals surface area contributed by atoms with Crippen LogP contribution in [0.5, 0.6) is 0 Å². The van der Waals surface area contributed by atoms with E-state index in [4.69, 9.17) is 0 Å². The van der Waals surface area contributed by atoms with Gasteiger partial charge in [-0.1, -0.05) is 0 Å². The van der Waals surface area contributed by atoms with E-state index in [0.29, 0.717) is 0 Å². The molecule has 0 spiro atoms. The van der Waals surface area contributed by atoms with Crippen LogP contribution in [0.15, 0.2) is 0 Å². The minimum absolute atomic E-state index is 0. The van der Waals surface area contributed by atoms with E-state index in [9.17, 15) is 0 Å². The molecule has 0 bridgehead atoms. The molecule has 0 atom stereocenters. The lowest BCUT2D eigenvalue weighted by Gasteiger charge is -1.19. The molecule has 0 unspecified atom stereocenters. The first-order chi connectivity index (χ1) is 1.00. The molecule has 0 aliphatic carbocycles. The highest BCUT2D eigenvalue weighted by Crippen LogP contribution is 0.469. The van der Waals surface area contributed by atoms with Crippen LogP contribution in [0, 0.1) is 0 Å². The summed E-state index contributed by atoms with van der Waals surface area (Å²) in [5.74, 6) is 0. The third kappa shape index (κ3) is 6840. The Morgan fingerprint density at radius 3 is 1.00 bits per heavy atom. The molecular weight excluding hydrogens is 61.6 g/mol. The smallest absolute Gasteiger partial charge is 0 e. The summed E-state index contributed by atoms with van der Waals surface area (Å²) in [7, 11) is 1.50. The predicted octanol–water partition coefficient (Wildman–Crippen LogP) is -1.02. The van der Waals surface area contributed by atoms with Crippen LogP contribution in [0.4, 0.5) is 0 Å². The highest BCUT2D eigenvalue weighted by molar-refractivity contribution is 5.76. The fourth-order valence-corrected chi connectivity index (χ4v) is 0. The minimum atomic E-state index is 0. The predicted molar refractivity (Wildman–Crippen MR) is 26.6 cm³/mol. The molecule has 5 N–H and O–H groups in total. The normalized spacial score (nSPS) is 1.20. The maximum Gasteiger partial charge on any atom is 0 e. The molecule has 5 heavy (non-hydrogen) atoms. The lowest BCUT2D eigenvalue weighted by atomic mass is 10.8. The first kappa shape index (κ1) is 75.1. The van der Waals surface area contributed by atoms with Crippen molar-refractivity contribution in [1.29, 1.82) is 0 Å². The van der Waals surface area contributed by atoms with Gasteiger partial charge in [-0.25, -0.2) is 0 Å². The van der Waals surface area contributed by atoms with Gasteiger partial charge in [0.25, 0.3) is 0 Å². The van der Waals surface area contributed by atoms with Gasteiger partial charge in [-0.2, -0.15) is 0 Å². The summed E-state index contributed by atoms with van der Waals surface area (Å²) in [6, 6.07) is 0. The molecule has 0 heterocycles. The molecule has 0 aliphatic rings. The molecule has 0 aromatic heterocycles. The second-order valence-corrected chi connectivity index (χ2v) is 0. The Labute approximate surface area is 36.9 Å². The summed E-state index contributed by atoms with van der Waals surface area (Å²) in [5, 5.41) is 0. The summed E-state index contributed by atoms with van der Waals surface area (Å²) in [4.78, 5) is 0. The zero-order valence-electron chi connectivity index (χ0n) is 3.44. The van der Waals surface area contributed by atoms with Gasteiger partial charge >= 0.3 is 0 Å². The molecule has 0 saturated heterocycles. The van der Waals surface area contributed by atoms with Gasteiger partial charge in [0, 0.05) is 16.8 Å². The Bertz CT molecular complexity index is 7.61. The molecular formula is CH8B2N2. The molecule has 6 radical (unpaired) electrons. The number of hydrogen-bond acceptors (Lipinski definition) is 2. The van der Waals surface area contributed by atoms with Crippen LogP contribution >= 0.6 is 0 Å². The molecule has 0 fully saturated rings. The Balaban J connectivity index is -0.00000000167. The van der Waals surface area contributed by atoms with Crippen LogP contribution in [0.3, 0.4) is 0 Å². The lowest BCUT2D eigenvalue weighted by molar-refractivity contribution is 1.48. The molecule has 4 heteroatoms. The molecule has 0 aromatic carbocycles. The van der Waals surface area contributed by atoms with Crippen molar-refractivity contribution in [2.75, 3.05) is 7.05 Å². The van der Waals surface area contributed by atoms with E-state index in [-0.39, 0.29) is 23.0 Å². The van der Waals surface area contributed by atoms with Crippen molar-refractivity contribution in [3.8, 4) is 0 Å². The van der Waals surface area contributed by atoms with Gasteiger partial charge in [-0.15, -0.1) is 0 Å². The van der Waals surface area contributed by atoms with Gasteiger partial charge in [0.15, 0.2) is 0 Å². The summed E-state index contributed by atoms with van der Waals surface area (Å²) in [5.41, 5.74) is 4.50. The van der Waals surface area contributed by atoms with Crippen molar-refractivity contribution in [2.45, 2.75) is 0 Å². The van der Waals surface area contributed by atoms with E-state index < -0.39 is 0 Å². The van der Waals surface area contributed by atoms with Crippen LogP contribution in [0.2, 0.25) is 0 Å². The third-order valence-corrected chi connectivity index (χ3v) is 0. The molecule has 0 rings (SSSR count). The zero-order chi connectivity index (χ0) is 2.00. The van der Waals surface area contributed by atoms with Crippen LogP contribution in [-0.4, -0.2) is 23.9 Å². The molecule has 0 aliphatic heterocycles. The third-order valence-electron chi connectivity index (χ3n) is 0. The van der Waals surface area contributed by atoms with Crippen molar-refractivity contribution in [2.24, 2.45) is 5.73 Å². The highest BCUT2D eigenvalue weighted by Gasteiger charge is 0.836. The first-order valence-electron chi connectivity index (χ1n) is 0.577. The molecule has 0 saturated carbocycles. The van der Waals surface area contributed by atoms with E-state index in [1.165, 1.54) is 7.05 Å². The van der Waals surface area contributed by atoms with Crippen molar-refractivity contribution >= 4 is 16.8 Å². The SMILES string of the molecule is CN.N.[B].[B]. The first-order valence-corrected chi connectivity index (χ1v) is 0.577. The van der Waals surface area contributed by atoms with E-state index in [1.807, 2.05) is 0 Å². The van der Waals surface area contributed by atoms with Gasteiger partial charge in [0.2, 0.25) is 0 Å². The molecule has 2 nitrogen and oxygen atoms in total. The number of rotatable bonds is 0. The maximum atomic E-state index is 4.50. The largest absolute Gasteiger partial charge is 0.344 e. The van der Waals surface area contributed by atoms with Crippen molar-refractivity contribution in [3.63, 3.8) is 0 Å². The molecule has 0 amide bonds. The zero-order valence-corrected chi connectivity index (χ0v) is 3.44. The minimum Gasteiger partial charge on any atom is -0.344 e. The second kappa shape index (κ2) is 15100. The van der Waals surface area contributed by atoms with Crippen LogP contribution < -0.4 is 11.9 Å². The second-order valence-electron chi connectivity index (χ2n) is 0. The standard InChI is InChI=1S/CH5N.2B.H3N/c1-2;;;/h2H2,1H3;;;1H3. The van der Waals surface area contributed by atoms with Crippen LogP contribution in [-0.2, 0) is 0 Å². The Morgan fingerprint density at radius 2 is 1.00 bits per heavy atom. The quantitative estimate of drug-likeness (QED) is 0.358. The van der Waals surface area contributed by atoms with Crippen molar-refractivity contribution in [1.82, 2.24) is 6.15 Å². The highest BCUT2D eigenvalue weighted by atomic mass is 14.4. The summed E-state index contributed by atoms with van der Waals surface area (Å²) in [6.07, 6.45) is 0. The average molecular weight is 69.7 g/mol. The van der Waals surface area contributed by atoms with Crippen molar-refractivity contribution in [3.05, 3.63) is 0 Å². The molecule has 28 valence electrons. The monoisotopic (exact) mass is 70.1 g/mol. The fraction of sp³-hybridized carbons (Fsp3) is 1.00. The Kier molecular flexibility index (Phi) is 228000. The fourth-order valence-electron chi connectivity index (χ4n) is 0. The van der Waals surface area contributed by atoms with Gasteiger partial charge in [-0.05, 0) is 7.05 Å². The van der Waals surface area contributed by atoms with E-state index >= 15 is 0 Å². The van der Waals surface area contributed by atoms with E-state index in [1.54, 1.807) is 0 Å². The Morgan fingerprint density at radius 1 is 1.00 bits per heavy atom. The van der Waals surface area contributed by atoms with Gasteiger partial charge in [-0.3, -0.25) is 0 Å². The summed E-state index contributed by atoms with van der Waals surface area (Å²) in [6.45, 7) is 0. The number of hydrogen-bond donors (Lipinski definition) is 2. The summed E-state index contributed by atoms with van der Waals surface area (Å²) < 4.78 is 0. The topological polar surface area (TPSA) is 61.0 Å². The molecule has 0 aromatic rings. The average Bonchev–Trinajstić information content (AvgIpc) is 1.00. The van der Waals surface area contributed by atoms with Crippen LogP contribution in [0.25, 0.3) is 0 Å². The summed E-state index contributed by atoms with van der Waals surface area (Å²) >= 11 is 0. The van der Waals surface area contributed by atoms with Gasteiger partial charge in [0.1, 0.15) is 0 Å². The van der Waals surface area contributed by atoms with E-state index in [2.05, 4.69) is 5.73 Å². The van der Waals surface area contributed by atoms with Gasteiger partial charge in [0.05, 0.1) is 0 Å². The maximum absolute atomic E-state index is 4.50. The Hall–Kier alpha value is 0.0499. The number of nitrogens with two attached hydrogens (primary N) is 1.